The van der Waals surface area contributed by atoms with Gasteiger partial charge in [-0.2, -0.15) is 0 Å². The van der Waals surface area contributed by atoms with Crippen LogP contribution in [0.15, 0.2) is 22.7 Å². The van der Waals surface area contributed by atoms with Crippen LogP contribution in [0, 0.1) is 6.92 Å². The van der Waals surface area contributed by atoms with Gasteiger partial charge in [-0.05, 0) is 59.8 Å². The number of halogens is 1. The Labute approximate surface area is 99.4 Å². The Morgan fingerprint density at radius 2 is 2.20 bits per heavy atom. The van der Waals surface area contributed by atoms with E-state index in [9.17, 15) is 0 Å². The maximum absolute atomic E-state index is 6.03. The molecule has 1 aromatic carbocycles. The van der Waals surface area contributed by atoms with Gasteiger partial charge in [0.05, 0.1) is 0 Å². The maximum Gasteiger partial charge on any atom is 0.0487 e. The van der Waals surface area contributed by atoms with Crippen molar-refractivity contribution in [2.75, 3.05) is 5.32 Å². The van der Waals surface area contributed by atoms with Crippen LogP contribution in [-0.2, 0) is 0 Å². The molecule has 1 aliphatic carbocycles. The average molecular weight is 269 g/mol. The van der Waals surface area contributed by atoms with Crippen LogP contribution in [0.25, 0.3) is 0 Å². The zero-order valence-electron chi connectivity index (χ0n) is 8.96. The first kappa shape index (κ1) is 11.0. The lowest BCUT2D eigenvalue weighted by atomic mass is 10.1. The van der Waals surface area contributed by atoms with Crippen molar-refractivity contribution in [3.05, 3.63) is 28.2 Å². The zero-order valence-corrected chi connectivity index (χ0v) is 10.5. The number of aryl methyl sites for hydroxylation is 1. The van der Waals surface area contributed by atoms with Crippen molar-refractivity contribution in [3.8, 4) is 0 Å². The van der Waals surface area contributed by atoms with E-state index in [0.717, 1.165) is 16.6 Å². The molecule has 1 saturated carbocycles. The van der Waals surface area contributed by atoms with E-state index in [2.05, 4.69) is 46.4 Å². The second-order valence-electron chi connectivity index (χ2n) is 4.33. The van der Waals surface area contributed by atoms with Crippen molar-refractivity contribution in [2.24, 2.45) is 5.73 Å². The summed E-state index contributed by atoms with van der Waals surface area (Å²) in [7, 11) is 0. The predicted octanol–water partition coefficient (Wildman–Crippen LogP) is 3.05. The van der Waals surface area contributed by atoms with Crippen molar-refractivity contribution in [1.82, 2.24) is 0 Å². The summed E-state index contributed by atoms with van der Waals surface area (Å²) in [5, 5.41) is 3.51. The number of nitrogens with one attached hydrogen (secondary N) is 1. The first-order valence-electron chi connectivity index (χ1n) is 5.45. The molecule has 82 valence electrons. The van der Waals surface area contributed by atoms with Gasteiger partial charge in [-0.15, -0.1) is 0 Å². The van der Waals surface area contributed by atoms with Crippen LogP contribution < -0.4 is 11.1 Å². The van der Waals surface area contributed by atoms with Crippen molar-refractivity contribution in [3.63, 3.8) is 0 Å². The lowest BCUT2D eigenvalue weighted by molar-refractivity contribution is 0.637. The van der Waals surface area contributed by atoms with Crippen molar-refractivity contribution in [2.45, 2.75) is 38.3 Å². The second kappa shape index (κ2) is 4.54. The van der Waals surface area contributed by atoms with Crippen LogP contribution in [-0.4, -0.2) is 12.1 Å². The number of rotatable bonds is 2. The monoisotopic (exact) mass is 268 g/mol. The molecule has 0 aliphatic heterocycles. The van der Waals surface area contributed by atoms with Gasteiger partial charge in [0.15, 0.2) is 0 Å². The van der Waals surface area contributed by atoms with Gasteiger partial charge in [-0.25, -0.2) is 0 Å². The SMILES string of the molecule is Cc1ccc(NC2CCCC2N)c(Br)c1. The topological polar surface area (TPSA) is 38.0 Å². The highest BCUT2D eigenvalue weighted by Crippen LogP contribution is 2.27. The Kier molecular flexibility index (Phi) is 3.32. The first-order valence-corrected chi connectivity index (χ1v) is 6.24. The summed E-state index contributed by atoms with van der Waals surface area (Å²) in [6, 6.07) is 7.10. The van der Waals surface area contributed by atoms with Gasteiger partial charge in [0.25, 0.3) is 0 Å². The van der Waals surface area contributed by atoms with E-state index in [1.54, 1.807) is 0 Å². The molecule has 2 unspecified atom stereocenters. The number of nitrogens with two attached hydrogens (primary N) is 1. The van der Waals surface area contributed by atoms with Crippen LogP contribution in [0.1, 0.15) is 24.8 Å². The fourth-order valence-electron chi connectivity index (χ4n) is 2.10. The molecule has 0 aromatic heterocycles. The minimum absolute atomic E-state index is 0.304. The van der Waals surface area contributed by atoms with Crippen molar-refractivity contribution >= 4 is 21.6 Å². The standard InChI is InChI=1S/C12H17BrN2/c1-8-5-6-11(9(13)7-8)15-12-4-2-3-10(12)14/h5-7,10,12,15H,2-4,14H2,1H3. The molecule has 0 spiro atoms. The molecule has 15 heavy (non-hydrogen) atoms. The molecule has 0 heterocycles. The highest BCUT2D eigenvalue weighted by Gasteiger charge is 2.23. The van der Waals surface area contributed by atoms with Crippen LogP contribution in [0.2, 0.25) is 0 Å². The second-order valence-corrected chi connectivity index (χ2v) is 5.18. The molecule has 0 saturated heterocycles. The third-order valence-corrected chi connectivity index (χ3v) is 3.69. The average Bonchev–Trinajstić information content (AvgIpc) is 2.57. The molecular formula is C12H17BrN2. The van der Waals surface area contributed by atoms with E-state index in [0.29, 0.717) is 12.1 Å². The molecule has 2 rings (SSSR count). The molecule has 1 aliphatic rings. The van der Waals surface area contributed by atoms with E-state index in [-0.39, 0.29) is 0 Å². The number of hydrogen-bond donors (Lipinski definition) is 2. The van der Waals surface area contributed by atoms with Gasteiger partial charge < -0.3 is 11.1 Å². The largest absolute Gasteiger partial charge is 0.380 e. The molecular weight excluding hydrogens is 252 g/mol. The molecule has 2 nitrogen and oxygen atoms in total. The summed E-state index contributed by atoms with van der Waals surface area (Å²) >= 11 is 3.57. The summed E-state index contributed by atoms with van der Waals surface area (Å²) in [6.07, 6.45) is 3.56. The van der Waals surface area contributed by atoms with Crippen LogP contribution >= 0.6 is 15.9 Å². The van der Waals surface area contributed by atoms with Crippen LogP contribution in [0.5, 0.6) is 0 Å². The van der Waals surface area contributed by atoms with Gasteiger partial charge in [0.1, 0.15) is 0 Å². The predicted molar refractivity (Wildman–Crippen MR) is 68.1 cm³/mol. The van der Waals surface area contributed by atoms with E-state index in [1.807, 2.05) is 0 Å². The third kappa shape index (κ3) is 2.52. The normalized spacial score (nSPS) is 25.5. The number of hydrogen-bond acceptors (Lipinski definition) is 2. The Morgan fingerprint density at radius 3 is 2.80 bits per heavy atom. The highest BCUT2D eigenvalue weighted by atomic mass is 79.9. The third-order valence-electron chi connectivity index (χ3n) is 3.03. The number of benzene rings is 1. The maximum atomic E-state index is 6.03. The summed E-state index contributed by atoms with van der Waals surface area (Å²) < 4.78 is 1.13. The molecule has 0 bridgehead atoms. The van der Waals surface area contributed by atoms with Gasteiger partial charge in [-0.3, -0.25) is 0 Å². The van der Waals surface area contributed by atoms with Gasteiger partial charge in [-0.1, -0.05) is 6.07 Å². The van der Waals surface area contributed by atoms with E-state index in [4.69, 9.17) is 5.73 Å². The van der Waals surface area contributed by atoms with Crippen molar-refractivity contribution < 1.29 is 0 Å². The Bertz CT molecular complexity index is 351. The quantitative estimate of drug-likeness (QED) is 0.866. The lowest BCUT2D eigenvalue weighted by Crippen LogP contribution is -2.35. The smallest absolute Gasteiger partial charge is 0.0487 e. The van der Waals surface area contributed by atoms with Crippen molar-refractivity contribution in [1.29, 1.82) is 0 Å². The van der Waals surface area contributed by atoms with E-state index < -0.39 is 0 Å². The van der Waals surface area contributed by atoms with E-state index in [1.165, 1.54) is 18.4 Å². The summed E-state index contributed by atoms with van der Waals surface area (Å²) in [5.41, 5.74) is 8.45. The van der Waals surface area contributed by atoms with Gasteiger partial charge >= 0.3 is 0 Å². The van der Waals surface area contributed by atoms with Gasteiger partial charge in [0, 0.05) is 22.2 Å². The minimum Gasteiger partial charge on any atom is -0.380 e. The van der Waals surface area contributed by atoms with Crippen LogP contribution in [0.4, 0.5) is 5.69 Å². The summed E-state index contributed by atoms with van der Waals surface area (Å²) in [4.78, 5) is 0. The van der Waals surface area contributed by atoms with Crippen LogP contribution in [0.3, 0.4) is 0 Å². The Hall–Kier alpha value is -0.540. The van der Waals surface area contributed by atoms with Gasteiger partial charge in [0.2, 0.25) is 0 Å². The summed E-state index contributed by atoms with van der Waals surface area (Å²) in [6.45, 7) is 2.09. The number of anilines is 1. The first-order chi connectivity index (χ1) is 7.16. The fourth-order valence-corrected chi connectivity index (χ4v) is 2.71. The Morgan fingerprint density at radius 1 is 1.40 bits per heavy atom. The molecule has 0 amide bonds. The molecule has 1 aromatic rings. The zero-order chi connectivity index (χ0) is 10.8. The van der Waals surface area contributed by atoms with E-state index >= 15 is 0 Å². The molecule has 3 N–H and O–H groups in total. The molecule has 0 radical (unpaired) electrons. The molecule has 2 atom stereocenters. The molecule has 1 fully saturated rings. The highest BCUT2D eigenvalue weighted by molar-refractivity contribution is 9.10. The summed E-state index contributed by atoms with van der Waals surface area (Å²) in [5.74, 6) is 0. The fraction of sp³-hybridized carbons (Fsp3) is 0.500. The molecule has 3 heteroatoms. The lowest BCUT2D eigenvalue weighted by Gasteiger charge is -2.19. The minimum atomic E-state index is 0.304. The Balaban J connectivity index is 2.10.